The fraction of sp³-hybridized carbons (Fsp3) is 0.857. The quantitative estimate of drug-likeness (QED) is 0.532. The third-order valence-electron chi connectivity index (χ3n) is 3.04. The summed E-state index contributed by atoms with van der Waals surface area (Å²) in [7, 11) is 0. The van der Waals surface area contributed by atoms with Gasteiger partial charge in [-0.1, -0.05) is 59.3 Å². The van der Waals surface area contributed by atoms with Crippen molar-refractivity contribution >= 4 is 0 Å². The van der Waals surface area contributed by atoms with Gasteiger partial charge in [0, 0.05) is 32.7 Å². The molecule has 0 amide bonds. The van der Waals surface area contributed by atoms with E-state index in [1.807, 2.05) is 0 Å². The first kappa shape index (κ1) is 21.4. The molecule has 0 aliphatic rings. The fourth-order valence-corrected chi connectivity index (χ4v) is 1.66. The van der Waals surface area contributed by atoms with Gasteiger partial charge < -0.3 is 14.4 Å². The van der Waals surface area contributed by atoms with Crippen molar-refractivity contribution in [2.45, 2.75) is 65.7 Å². The van der Waals surface area contributed by atoms with Gasteiger partial charge in [-0.05, 0) is 11.8 Å². The van der Waals surface area contributed by atoms with E-state index < -0.39 is 0 Å². The van der Waals surface area contributed by atoms with Crippen LogP contribution < -0.4 is 0 Å². The van der Waals surface area contributed by atoms with Gasteiger partial charge in [-0.15, -0.1) is 0 Å². The largest absolute Gasteiger partial charge is 0.358 e. The minimum absolute atomic E-state index is 0. The van der Waals surface area contributed by atoms with Gasteiger partial charge in [0.25, 0.3) is 0 Å². The van der Waals surface area contributed by atoms with E-state index in [1.165, 1.54) is 38.5 Å². The second-order valence-corrected chi connectivity index (χ2v) is 4.55. The first-order chi connectivity index (χ1) is 6.20. The number of hydrogen-bond acceptors (Lipinski definition) is 0. The molecule has 1 radical (unpaired) electrons. The number of hydrogen-bond donors (Lipinski definition) is 0. The maximum absolute atomic E-state index is 3.88. The average Bonchev–Trinajstić information content (AvgIpc) is 2.14. The third kappa shape index (κ3) is 15.1. The van der Waals surface area contributed by atoms with Crippen LogP contribution in [0.2, 0.25) is 0 Å². The number of unbranched alkanes of at least 4 members (excludes halogenated alkanes) is 1. The predicted octanol–water partition coefficient (Wildman–Crippen LogP) is 5.29. The summed E-state index contributed by atoms with van der Waals surface area (Å²) in [6, 6.07) is 0. The maximum Gasteiger partial charge on any atom is 0 e. The summed E-state index contributed by atoms with van der Waals surface area (Å²) in [6.07, 6.45) is 9.40. The van der Waals surface area contributed by atoms with Crippen molar-refractivity contribution < 1.29 is 32.7 Å². The van der Waals surface area contributed by atoms with Crippen molar-refractivity contribution in [1.29, 1.82) is 0 Å². The summed E-state index contributed by atoms with van der Waals surface area (Å²) >= 11 is 0. The van der Waals surface area contributed by atoms with Crippen LogP contribution in [0, 0.1) is 26.2 Å². The van der Waals surface area contributed by atoms with Crippen LogP contribution in [0.4, 0.5) is 0 Å². The molecule has 0 aromatic heterocycles. The van der Waals surface area contributed by atoms with E-state index in [-0.39, 0.29) is 40.1 Å². The zero-order valence-electron chi connectivity index (χ0n) is 11.4. The van der Waals surface area contributed by atoms with Gasteiger partial charge in [-0.3, -0.25) is 0 Å². The van der Waals surface area contributed by atoms with Gasteiger partial charge in [0.2, 0.25) is 0 Å². The molecule has 0 N–H and O–H groups in total. The molecular weight excluding hydrogens is 257 g/mol. The Bertz CT molecular complexity index is 102. The average molecular weight is 287 g/mol. The van der Waals surface area contributed by atoms with Crippen LogP contribution in [0.3, 0.4) is 0 Å². The summed E-state index contributed by atoms with van der Waals surface area (Å²) < 4.78 is 0. The molecule has 0 aliphatic heterocycles. The van der Waals surface area contributed by atoms with Crippen LogP contribution in [0.25, 0.3) is 0 Å². The van der Waals surface area contributed by atoms with Crippen LogP contribution >= 0.6 is 0 Å². The smallest absolute Gasteiger partial charge is 0 e. The Morgan fingerprint density at radius 2 is 1.40 bits per heavy atom. The summed E-state index contributed by atoms with van der Waals surface area (Å²) in [5, 5.41) is 0. The summed E-state index contributed by atoms with van der Waals surface area (Å²) in [4.78, 5) is 0. The Labute approximate surface area is 124 Å². The van der Waals surface area contributed by atoms with Crippen molar-refractivity contribution in [2.24, 2.45) is 11.8 Å². The molecule has 15 heavy (non-hydrogen) atoms. The molecular formula is C14H30Y-2. The van der Waals surface area contributed by atoms with E-state index in [0.29, 0.717) is 0 Å². The normalized spacial score (nSPS) is 13.6. The summed E-state index contributed by atoms with van der Waals surface area (Å²) in [6.45, 7) is 10.9. The van der Waals surface area contributed by atoms with Gasteiger partial charge in [0.15, 0.2) is 0 Å². The van der Waals surface area contributed by atoms with Crippen LogP contribution in [0.15, 0.2) is 0 Å². The van der Waals surface area contributed by atoms with Crippen molar-refractivity contribution in [3.63, 3.8) is 0 Å². The van der Waals surface area contributed by atoms with Gasteiger partial charge in [-0.25, -0.2) is 0 Å². The molecule has 0 rings (SSSR count). The van der Waals surface area contributed by atoms with E-state index in [2.05, 4.69) is 27.7 Å². The van der Waals surface area contributed by atoms with Gasteiger partial charge in [0.1, 0.15) is 0 Å². The monoisotopic (exact) mass is 287 g/mol. The van der Waals surface area contributed by atoms with Gasteiger partial charge in [0.05, 0.1) is 0 Å². The van der Waals surface area contributed by atoms with Crippen LogP contribution in [-0.4, -0.2) is 0 Å². The zero-order chi connectivity index (χ0) is 10.1. The van der Waals surface area contributed by atoms with Crippen molar-refractivity contribution in [3.05, 3.63) is 14.4 Å². The Hall–Kier alpha value is 1.10. The third-order valence-corrected chi connectivity index (χ3v) is 3.04. The molecule has 1 heteroatoms. The topological polar surface area (TPSA) is 0 Å². The second kappa shape index (κ2) is 15.1. The van der Waals surface area contributed by atoms with Gasteiger partial charge in [-0.2, -0.15) is 6.42 Å². The zero-order valence-corrected chi connectivity index (χ0v) is 14.2. The molecule has 91 valence electrons. The van der Waals surface area contributed by atoms with E-state index >= 15 is 0 Å². The molecule has 0 bridgehead atoms. The first-order valence-corrected chi connectivity index (χ1v) is 5.99. The summed E-state index contributed by atoms with van der Waals surface area (Å²) in [5.41, 5.74) is 0. The minimum Gasteiger partial charge on any atom is -0.358 e. The maximum atomic E-state index is 3.88. The molecule has 0 saturated heterocycles. The van der Waals surface area contributed by atoms with E-state index in [0.717, 1.165) is 18.3 Å². The fourth-order valence-electron chi connectivity index (χ4n) is 1.66. The first-order valence-electron chi connectivity index (χ1n) is 5.99. The van der Waals surface area contributed by atoms with Crippen LogP contribution in [0.1, 0.15) is 65.7 Å². The standard InChI is InChI=1S/C13H27.CH3.Y/c1-5-7-9-13(4)11-8-10-12(3)6-2;;/h12-13H,1,5-11H2,2-4H3;1H3;/q2*-1;. The molecule has 0 fully saturated rings. The van der Waals surface area contributed by atoms with E-state index in [9.17, 15) is 0 Å². The number of rotatable bonds is 8. The molecule has 0 aliphatic carbocycles. The Balaban J connectivity index is -0.000000720. The Kier molecular flexibility index (Phi) is 21.5. The molecule has 2 unspecified atom stereocenters. The molecule has 0 nitrogen and oxygen atoms in total. The molecule has 0 aromatic carbocycles. The molecule has 0 heterocycles. The van der Waals surface area contributed by atoms with Crippen LogP contribution in [0.5, 0.6) is 0 Å². The van der Waals surface area contributed by atoms with Crippen molar-refractivity contribution in [3.8, 4) is 0 Å². The molecule has 0 spiro atoms. The molecule has 0 aromatic rings. The predicted molar refractivity (Wildman–Crippen MR) is 68.1 cm³/mol. The minimum atomic E-state index is 0. The van der Waals surface area contributed by atoms with E-state index in [1.54, 1.807) is 0 Å². The van der Waals surface area contributed by atoms with Gasteiger partial charge >= 0.3 is 0 Å². The summed E-state index contributed by atoms with van der Waals surface area (Å²) in [5.74, 6) is 1.85. The van der Waals surface area contributed by atoms with Crippen molar-refractivity contribution in [2.75, 3.05) is 0 Å². The Morgan fingerprint density at radius 1 is 0.933 bits per heavy atom. The Morgan fingerprint density at radius 3 is 1.87 bits per heavy atom. The van der Waals surface area contributed by atoms with Crippen molar-refractivity contribution in [1.82, 2.24) is 0 Å². The van der Waals surface area contributed by atoms with Crippen LogP contribution in [-0.2, 0) is 32.7 Å². The SMILES string of the molecule is [CH2-]CCCC(C)CCCC(C)CC.[CH3-].[Y]. The molecule has 2 atom stereocenters. The van der Waals surface area contributed by atoms with E-state index in [4.69, 9.17) is 0 Å². The molecule has 0 saturated carbocycles. The second-order valence-electron chi connectivity index (χ2n) is 4.55.